The first-order valence-electron chi connectivity index (χ1n) is 6.39. The van der Waals surface area contributed by atoms with Crippen molar-refractivity contribution in [2.75, 3.05) is 0 Å². The Hall–Kier alpha value is 0.110. The Kier molecular flexibility index (Phi) is 6.32. The lowest BCUT2D eigenvalue weighted by atomic mass is 9.69. The molecule has 1 N–H and O–H groups in total. The third-order valence-electron chi connectivity index (χ3n) is 3.80. The normalized spacial score (nSPS) is 21.6. The maximum absolute atomic E-state index is 11.8. The quantitative estimate of drug-likeness (QED) is 0.602. The van der Waals surface area contributed by atoms with Crippen LogP contribution in [0.5, 0.6) is 0 Å². The molecule has 18 heavy (non-hydrogen) atoms. The van der Waals surface area contributed by atoms with Crippen molar-refractivity contribution >= 4 is 25.6 Å². The Bertz CT molecular complexity index is 313. The second-order valence-corrected chi connectivity index (χ2v) is 6.83. The van der Waals surface area contributed by atoms with E-state index in [-0.39, 0.29) is 11.2 Å². The van der Waals surface area contributed by atoms with E-state index in [1.54, 1.807) is 0 Å². The molecule has 0 amide bonds. The van der Waals surface area contributed by atoms with E-state index in [1.807, 2.05) is 0 Å². The maximum Gasteiger partial charge on any atom is 0.318 e. The molecule has 1 saturated carbocycles. The van der Waals surface area contributed by atoms with Crippen molar-refractivity contribution in [3.05, 3.63) is 0 Å². The number of hydrogen-bond donors (Lipinski definition) is 1. The van der Waals surface area contributed by atoms with Crippen LogP contribution in [0.25, 0.3) is 0 Å². The molecule has 0 heterocycles. The highest BCUT2D eigenvalue weighted by Crippen LogP contribution is 2.41. The zero-order valence-electron chi connectivity index (χ0n) is 10.9. The highest BCUT2D eigenvalue weighted by atomic mass is 35.5. The highest BCUT2D eigenvalue weighted by molar-refractivity contribution is 7.32. The van der Waals surface area contributed by atoms with Crippen LogP contribution < -0.4 is 0 Å². The average Bonchev–Trinajstić information content (AvgIpc) is 2.28. The van der Waals surface area contributed by atoms with Gasteiger partial charge in [-0.05, 0) is 24.2 Å². The third kappa shape index (κ3) is 5.00. The third-order valence-corrected chi connectivity index (χ3v) is 4.72. The monoisotopic (exact) mass is 296 g/mol. The van der Waals surface area contributed by atoms with E-state index in [1.165, 1.54) is 19.3 Å². The van der Waals surface area contributed by atoms with Gasteiger partial charge in [-0.2, -0.15) is 0 Å². The lowest BCUT2D eigenvalue weighted by molar-refractivity contribution is -0.125. The number of carbonyl (C=O) groups is 1. The zero-order chi connectivity index (χ0) is 13.8. The molecule has 6 heteroatoms. The van der Waals surface area contributed by atoms with E-state index in [4.69, 9.17) is 16.5 Å². The molecule has 0 aromatic rings. The molecule has 0 aliphatic heterocycles. The minimum absolute atomic E-state index is 0.126. The van der Waals surface area contributed by atoms with Crippen molar-refractivity contribution in [3.8, 4) is 0 Å². The van der Waals surface area contributed by atoms with Crippen LogP contribution in [0.15, 0.2) is 0 Å². The summed E-state index contributed by atoms with van der Waals surface area (Å²) in [4.78, 5) is 20.5. The van der Waals surface area contributed by atoms with Crippen LogP contribution in [0.4, 0.5) is 0 Å². The Morgan fingerprint density at radius 1 is 1.44 bits per heavy atom. The van der Waals surface area contributed by atoms with Crippen molar-refractivity contribution in [2.45, 2.75) is 57.9 Å². The van der Waals surface area contributed by atoms with Crippen molar-refractivity contribution in [3.63, 3.8) is 0 Å². The first-order chi connectivity index (χ1) is 8.33. The molecule has 0 aromatic carbocycles. The summed E-state index contributed by atoms with van der Waals surface area (Å²) in [6, 6.07) is 0. The van der Waals surface area contributed by atoms with Gasteiger partial charge in [0.25, 0.3) is 0 Å². The molecule has 4 nitrogen and oxygen atoms in total. The number of alkyl halides is 1. The molecule has 2 unspecified atom stereocenters. The van der Waals surface area contributed by atoms with Crippen LogP contribution in [0.1, 0.15) is 52.4 Å². The summed E-state index contributed by atoms with van der Waals surface area (Å²) < 4.78 is 15.0. The van der Waals surface area contributed by atoms with Crippen LogP contribution >= 0.6 is 19.9 Å². The highest BCUT2D eigenvalue weighted by Gasteiger charge is 2.34. The van der Waals surface area contributed by atoms with Crippen molar-refractivity contribution in [2.24, 2.45) is 11.3 Å². The van der Waals surface area contributed by atoms with Gasteiger partial charge in [-0.1, -0.05) is 44.7 Å². The maximum atomic E-state index is 11.8. The summed E-state index contributed by atoms with van der Waals surface area (Å²) in [6.07, 6.45) is 6.28. The summed E-state index contributed by atoms with van der Waals surface area (Å²) in [6.45, 7) is 4.12. The fraction of sp³-hybridized carbons (Fsp3) is 0.917. The zero-order valence-corrected chi connectivity index (χ0v) is 12.7. The van der Waals surface area contributed by atoms with E-state index in [0.717, 1.165) is 12.8 Å². The summed E-state index contributed by atoms with van der Waals surface area (Å²) in [7, 11) is -3.16. The molecule has 1 fully saturated rings. The molecule has 1 aliphatic rings. The van der Waals surface area contributed by atoms with Gasteiger partial charge in [0.15, 0.2) is 11.3 Å². The molecular weight excluding hydrogens is 275 g/mol. The van der Waals surface area contributed by atoms with Crippen LogP contribution in [0.2, 0.25) is 0 Å². The predicted octanol–water partition coefficient (Wildman–Crippen LogP) is 3.52. The van der Waals surface area contributed by atoms with Gasteiger partial charge >= 0.3 is 8.25 Å². The summed E-state index contributed by atoms with van der Waals surface area (Å²) in [5, 5.41) is 0. The SMILES string of the molecule is CC(C)(CC(=O)C(Cl)O[PH](=O)O)C1CCCCC1. The lowest BCUT2D eigenvalue weighted by Gasteiger charge is -2.36. The summed E-state index contributed by atoms with van der Waals surface area (Å²) in [5.74, 6) is 0.213. The van der Waals surface area contributed by atoms with Crippen LogP contribution in [-0.4, -0.2) is 16.2 Å². The molecule has 2 atom stereocenters. The van der Waals surface area contributed by atoms with Crippen molar-refractivity contribution in [1.82, 2.24) is 0 Å². The molecule has 0 radical (unpaired) electrons. The molecule has 1 aliphatic carbocycles. The number of rotatable bonds is 6. The van der Waals surface area contributed by atoms with Crippen LogP contribution in [0.3, 0.4) is 0 Å². The minimum atomic E-state index is -3.16. The fourth-order valence-corrected chi connectivity index (χ4v) is 3.33. The van der Waals surface area contributed by atoms with E-state index in [9.17, 15) is 9.36 Å². The van der Waals surface area contributed by atoms with Crippen molar-refractivity contribution in [1.29, 1.82) is 0 Å². The standard InChI is InChI=1S/C12H22ClO4P/c1-12(2,9-6-4-3-5-7-9)8-10(14)11(13)17-18(15)16/h9,11,18H,3-8H2,1-2H3,(H,15,16). The second kappa shape index (κ2) is 7.04. The van der Waals surface area contributed by atoms with Gasteiger partial charge in [-0.15, -0.1) is 0 Å². The van der Waals surface area contributed by atoms with E-state index in [2.05, 4.69) is 18.4 Å². The van der Waals surface area contributed by atoms with Gasteiger partial charge in [0.05, 0.1) is 0 Å². The largest absolute Gasteiger partial charge is 0.326 e. The summed E-state index contributed by atoms with van der Waals surface area (Å²) in [5.41, 5.74) is -1.43. The average molecular weight is 297 g/mol. The molecule has 0 aromatic heterocycles. The van der Waals surface area contributed by atoms with Gasteiger partial charge in [-0.25, -0.2) is 0 Å². The molecule has 106 valence electrons. The predicted molar refractivity (Wildman–Crippen MR) is 71.9 cm³/mol. The Labute approximate surface area is 114 Å². The van der Waals surface area contributed by atoms with E-state index >= 15 is 0 Å². The Morgan fingerprint density at radius 2 is 2.00 bits per heavy atom. The van der Waals surface area contributed by atoms with Gasteiger partial charge in [0.2, 0.25) is 0 Å². The Morgan fingerprint density at radius 3 is 2.50 bits per heavy atom. The van der Waals surface area contributed by atoms with Gasteiger partial charge in [0.1, 0.15) is 0 Å². The van der Waals surface area contributed by atoms with E-state index in [0.29, 0.717) is 12.3 Å². The Balaban J connectivity index is 2.52. The van der Waals surface area contributed by atoms with Gasteiger partial charge in [-0.3, -0.25) is 13.9 Å². The van der Waals surface area contributed by atoms with Crippen LogP contribution in [0, 0.1) is 11.3 Å². The van der Waals surface area contributed by atoms with Crippen LogP contribution in [-0.2, 0) is 13.9 Å². The lowest BCUT2D eigenvalue weighted by Crippen LogP contribution is -2.31. The smallest absolute Gasteiger partial charge is 0.318 e. The number of halogens is 1. The van der Waals surface area contributed by atoms with E-state index < -0.39 is 13.8 Å². The fourth-order valence-electron chi connectivity index (χ4n) is 2.71. The molecule has 0 saturated heterocycles. The molecule has 1 rings (SSSR count). The number of ketones is 1. The number of Topliss-reactive ketones (excluding diaryl/α,β-unsaturated/α-hetero) is 1. The molecular formula is C12H22ClO4P. The first-order valence-corrected chi connectivity index (χ1v) is 8.09. The van der Waals surface area contributed by atoms with Crippen molar-refractivity contribution < 1.29 is 18.8 Å². The second-order valence-electron chi connectivity index (χ2n) is 5.67. The van der Waals surface area contributed by atoms with Gasteiger partial charge < -0.3 is 4.89 Å². The molecule has 0 spiro atoms. The first kappa shape index (κ1) is 16.2. The summed E-state index contributed by atoms with van der Waals surface area (Å²) >= 11 is 5.66. The minimum Gasteiger partial charge on any atom is -0.326 e. The topological polar surface area (TPSA) is 63.6 Å². The number of hydrogen-bond acceptors (Lipinski definition) is 3. The number of carbonyl (C=O) groups excluding carboxylic acids is 1. The molecule has 0 bridgehead atoms. The van der Waals surface area contributed by atoms with Gasteiger partial charge in [0, 0.05) is 6.42 Å².